The third kappa shape index (κ3) is 4.58. The Labute approximate surface area is 162 Å². The number of amides is 1. The van der Waals surface area contributed by atoms with Crippen molar-refractivity contribution in [3.63, 3.8) is 0 Å². The Kier molecular flexibility index (Phi) is 7.20. The third-order valence-electron chi connectivity index (χ3n) is 3.88. The zero-order valence-electron chi connectivity index (χ0n) is 15.3. The molecule has 0 atom stereocenters. The normalized spacial score (nSPS) is 14.0. The number of anilines is 1. The van der Waals surface area contributed by atoms with E-state index < -0.39 is 11.9 Å². The van der Waals surface area contributed by atoms with E-state index in [1.165, 1.54) is 25.2 Å². The summed E-state index contributed by atoms with van der Waals surface area (Å²) in [7, 11) is 2.43. The molecular weight excluding hydrogens is 376 g/mol. The molecule has 1 aromatic rings. The predicted molar refractivity (Wildman–Crippen MR) is 98.4 cm³/mol. The molecular formula is C18H21ClN2O6. The molecule has 0 aliphatic carbocycles. The molecule has 0 radical (unpaired) electrons. The zero-order chi connectivity index (χ0) is 20.0. The number of nitrogens with zero attached hydrogens (tertiary/aromatic N) is 1. The second-order valence-corrected chi connectivity index (χ2v) is 6.04. The molecule has 8 nitrogen and oxygen atoms in total. The molecule has 1 N–H and O–H groups in total. The van der Waals surface area contributed by atoms with Gasteiger partial charge in [0.05, 0.1) is 37.0 Å². The summed E-state index contributed by atoms with van der Waals surface area (Å²) in [6, 6.07) is 4.68. The van der Waals surface area contributed by atoms with Crippen molar-refractivity contribution in [3.8, 4) is 0 Å². The highest BCUT2D eigenvalue weighted by atomic mass is 35.5. The summed E-state index contributed by atoms with van der Waals surface area (Å²) >= 11 is 6.26. The Morgan fingerprint density at radius 3 is 2.52 bits per heavy atom. The fourth-order valence-electron chi connectivity index (χ4n) is 2.54. The van der Waals surface area contributed by atoms with E-state index in [2.05, 4.69) is 5.32 Å². The van der Waals surface area contributed by atoms with Crippen LogP contribution in [0.4, 0.5) is 5.69 Å². The predicted octanol–water partition coefficient (Wildman–Crippen LogP) is 1.87. The number of methoxy groups -OCH3 is 2. The van der Waals surface area contributed by atoms with Gasteiger partial charge >= 0.3 is 11.9 Å². The first-order chi connectivity index (χ1) is 12.9. The van der Waals surface area contributed by atoms with Gasteiger partial charge in [0.25, 0.3) is 5.91 Å². The lowest BCUT2D eigenvalue weighted by atomic mass is 10.1. The van der Waals surface area contributed by atoms with Gasteiger partial charge in [-0.15, -0.1) is 0 Å². The summed E-state index contributed by atoms with van der Waals surface area (Å²) in [5.74, 6) is -1.69. The third-order valence-corrected chi connectivity index (χ3v) is 4.19. The van der Waals surface area contributed by atoms with Gasteiger partial charge in [-0.2, -0.15) is 0 Å². The monoisotopic (exact) mass is 396 g/mol. The van der Waals surface area contributed by atoms with Crippen molar-refractivity contribution in [2.75, 3.05) is 39.0 Å². The van der Waals surface area contributed by atoms with Crippen molar-refractivity contribution in [1.82, 2.24) is 5.32 Å². The Morgan fingerprint density at radius 1 is 1.22 bits per heavy atom. The lowest BCUT2D eigenvalue weighted by Crippen LogP contribution is -2.38. The summed E-state index contributed by atoms with van der Waals surface area (Å²) < 4.78 is 14.9. The average Bonchev–Trinajstić information content (AvgIpc) is 2.70. The van der Waals surface area contributed by atoms with Crippen molar-refractivity contribution in [2.24, 2.45) is 0 Å². The first-order valence-electron chi connectivity index (χ1n) is 8.27. The van der Waals surface area contributed by atoms with Crippen LogP contribution >= 0.6 is 11.6 Å². The van der Waals surface area contributed by atoms with E-state index >= 15 is 0 Å². The second kappa shape index (κ2) is 9.38. The van der Waals surface area contributed by atoms with E-state index in [4.69, 9.17) is 25.8 Å². The van der Waals surface area contributed by atoms with Crippen LogP contribution in [0.25, 0.3) is 0 Å². The molecule has 1 aliphatic heterocycles. The molecule has 0 fully saturated rings. The molecule has 146 valence electrons. The van der Waals surface area contributed by atoms with Crippen LogP contribution in [0.1, 0.15) is 23.7 Å². The fraction of sp³-hybridized carbons (Fsp3) is 0.389. The topological polar surface area (TPSA) is 94.2 Å². The fourth-order valence-corrected chi connectivity index (χ4v) is 2.80. The number of halogens is 1. The van der Waals surface area contributed by atoms with Gasteiger partial charge in [-0.25, -0.2) is 9.59 Å². The summed E-state index contributed by atoms with van der Waals surface area (Å²) in [6.07, 6.45) is 0.802. The molecule has 1 heterocycles. The molecule has 0 aromatic heterocycles. The molecule has 9 heteroatoms. The maximum atomic E-state index is 12.3. The van der Waals surface area contributed by atoms with E-state index in [9.17, 15) is 14.4 Å². The van der Waals surface area contributed by atoms with Crippen molar-refractivity contribution in [2.45, 2.75) is 13.3 Å². The lowest BCUT2D eigenvalue weighted by Gasteiger charge is -2.31. The van der Waals surface area contributed by atoms with E-state index in [1.54, 1.807) is 12.1 Å². The molecule has 1 aliphatic rings. The SMILES string of the molecule is CCCNC(=O)c1ccc(N2COCC(C(=O)OC)=C2C(=O)OC)cc1Cl. The van der Waals surface area contributed by atoms with Crippen molar-refractivity contribution >= 4 is 35.1 Å². The number of carbonyl (C=O) groups excluding carboxylic acids is 3. The van der Waals surface area contributed by atoms with Gasteiger partial charge < -0.3 is 24.4 Å². The van der Waals surface area contributed by atoms with E-state index in [0.717, 1.165) is 6.42 Å². The number of carbonyl (C=O) groups is 3. The Balaban J connectivity index is 2.43. The largest absolute Gasteiger partial charge is 0.466 e. The summed E-state index contributed by atoms with van der Waals surface area (Å²) in [6.45, 7) is 2.40. The Hall–Kier alpha value is -2.58. The maximum absolute atomic E-state index is 12.3. The molecule has 27 heavy (non-hydrogen) atoms. The van der Waals surface area contributed by atoms with Gasteiger partial charge in [0, 0.05) is 12.2 Å². The highest BCUT2D eigenvalue weighted by Gasteiger charge is 2.32. The van der Waals surface area contributed by atoms with Crippen LogP contribution in [0, 0.1) is 0 Å². The summed E-state index contributed by atoms with van der Waals surface area (Å²) in [4.78, 5) is 37.9. The van der Waals surface area contributed by atoms with E-state index in [1.807, 2.05) is 6.92 Å². The number of nitrogens with one attached hydrogen (secondary N) is 1. The van der Waals surface area contributed by atoms with Crippen LogP contribution in [0.3, 0.4) is 0 Å². The Morgan fingerprint density at radius 2 is 1.93 bits per heavy atom. The van der Waals surface area contributed by atoms with Crippen LogP contribution in [0.2, 0.25) is 5.02 Å². The van der Waals surface area contributed by atoms with Gasteiger partial charge in [-0.3, -0.25) is 4.79 Å². The van der Waals surface area contributed by atoms with Gasteiger partial charge in [-0.05, 0) is 24.6 Å². The van der Waals surface area contributed by atoms with Gasteiger partial charge in [-0.1, -0.05) is 18.5 Å². The van der Waals surface area contributed by atoms with Gasteiger partial charge in [0.1, 0.15) is 12.4 Å². The van der Waals surface area contributed by atoms with Crippen LogP contribution in [0.5, 0.6) is 0 Å². The first kappa shape index (κ1) is 20.7. The minimum absolute atomic E-state index is 0.00261. The molecule has 0 unspecified atom stereocenters. The quantitative estimate of drug-likeness (QED) is 0.733. The number of hydrogen-bond acceptors (Lipinski definition) is 7. The van der Waals surface area contributed by atoms with E-state index in [-0.39, 0.29) is 35.5 Å². The molecule has 0 bridgehead atoms. The van der Waals surface area contributed by atoms with Crippen molar-refractivity contribution in [3.05, 3.63) is 40.1 Å². The molecule has 1 amide bonds. The smallest absolute Gasteiger partial charge is 0.355 e. The summed E-state index contributed by atoms with van der Waals surface area (Å²) in [5.41, 5.74) is 0.823. The molecule has 0 saturated heterocycles. The minimum Gasteiger partial charge on any atom is -0.466 e. The number of hydrogen-bond donors (Lipinski definition) is 1. The van der Waals surface area contributed by atoms with Gasteiger partial charge in [0.15, 0.2) is 0 Å². The number of rotatable bonds is 6. The summed E-state index contributed by atoms with van der Waals surface area (Å²) in [5, 5.41) is 2.95. The minimum atomic E-state index is -0.709. The zero-order valence-corrected chi connectivity index (χ0v) is 16.1. The average molecular weight is 397 g/mol. The number of ether oxygens (including phenoxy) is 3. The van der Waals surface area contributed by atoms with Crippen LogP contribution in [-0.4, -0.2) is 51.9 Å². The highest BCUT2D eigenvalue weighted by molar-refractivity contribution is 6.34. The van der Waals surface area contributed by atoms with Crippen LogP contribution in [-0.2, 0) is 23.8 Å². The Bertz CT molecular complexity index is 777. The molecule has 0 spiro atoms. The number of esters is 2. The van der Waals surface area contributed by atoms with E-state index in [0.29, 0.717) is 17.8 Å². The standard InChI is InChI=1S/C18H21ClN2O6/c1-4-7-20-16(22)12-6-5-11(8-14(12)19)21-10-27-9-13(17(23)25-2)15(21)18(24)26-3/h5-6,8H,4,7,9-10H2,1-3H3,(H,20,22). The number of benzene rings is 1. The second-order valence-electron chi connectivity index (χ2n) is 5.64. The van der Waals surface area contributed by atoms with Crippen molar-refractivity contribution in [1.29, 1.82) is 0 Å². The van der Waals surface area contributed by atoms with Crippen LogP contribution < -0.4 is 10.2 Å². The molecule has 0 saturated carbocycles. The highest BCUT2D eigenvalue weighted by Crippen LogP contribution is 2.30. The first-order valence-corrected chi connectivity index (χ1v) is 8.65. The molecule has 1 aromatic carbocycles. The maximum Gasteiger partial charge on any atom is 0.355 e. The lowest BCUT2D eigenvalue weighted by molar-refractivity contribution is -0.140. The molecule has 2 rings (SSSR count). The van der Waals surface area contributed by atoms with Gasteiger partial charge in [0.2, 0.25) is 0 Å². The van der Waals surface area contributed by atoms with Crippen LogP contribution in [0.15, 0.2) is 29.5 Å². The van der Waals surface area contributed by atoms with Crippen molar-refractivity contribution < 1.29 is 28.6 Å².